The molecule has 0 radical (unpaired) electrons. The largest absolute Gasteiger partial charge is 0.465 e. The van der Waals surface area contributed by atoms with Crippen LogP contribution in [0, 0.1) is 0 Å². The minimum atomic E-state index is -0.371. The molecule has 1 aromatic carbocycles. The molecule has 0 spiro atoms. The molecule has 5 heteroatoms. The molecule has 1 aromatic rings. The third-order valence-electron chi connectivity index (χ3n) is 3.54. The molecule has 112 valence electrons. The third kappa shape index (κ3) is 3.92. The molecule has 1 unspecified atom stereocenters. The van der Waals surface area contributed by atoms with E-state index in [1.54, 1.807) is 48.4 Å². The summed E-state index contributed by atoms with van der Waals surface area (Å²) in [6.07, 6.45) is 4.31. The van der Waals surface area contributed by atoms with Gasteiger partial charge >= 0.3 is 5.97 Å². The Labute approximate surface area is 124 Å². The Morgan fingerprint density at radius 3 is 2.52 bits per heavy atom. The standard InChI is InChI=1S/C16H19NO4/c1-20-14-9-10-17(11-14)15(18)8-5-12-3-6-13(7-4-12)16(19)21-2/h3-8,14H,9-11H2,1-2H3/b8-5+. The minimum Gasteiger partial charge on any atom is -0.465 e. The number of nitrogens with zero attached hydrogens (tertiary/aromatic N) is 1. The summed E-state index contributed by atoms with van der Waals surface area (Å²) in [6, 6.07) is 6.90. The smallest absolute Gasteiger partial charge is 0.337 e. The van der Waals surface area contributed by atoms with Crippen molar-refractivity contribution in [1.29, 1.82) is 0 Å². The van der Waals surface area contributed by atoms with Gasteiger partial charge in [-0.1, -0.05) is 12.1 Å². The van der Waals surface area contributed by atoms with Gasteiger partial charge in [0, 0.05) is 26.3 Å². The Balaban J connectivity index is 1.94. The molecule has 0 aromatic heterocycles. The van der Waals surface area contributed by atoms with Crippen LogP contribution < -0.4 is 0 Å². The fourth-order valence-electron chi connectivity index (χ4n) is 2.24. The number of likely N-dealkylation sites (tertiary alicyclic amines) is 1. The van der Waals surface area contributed by atoms with Gasteiger partial charge in [-0.2, -0.15) is 0 Å². The van der Waals surface area contributed by atoms with Crippen LogP contribution in [0.1, 0.15) is 22.3 Å². The Morgan fingerprint density at radius 1 is 1.24 bits per heavy atom. The highest BCUT2D eigenvalue weighted by molar-refractivity contribution is 5.92. The molecule has 1 saturated heterocycles. The maximum atomic E-state index is 12.0. The predicted octanol–water partition coefficient (Wildman–Crippen LogP) is 1.73. The number of carbonyl (C=O) groups excluding carboxylic acids is 2. The van der Waals surface area contributed by atoms with Crippen molar-refractivity contribution in [3.63, 3.8) is 0 Å². The van der Waals surface area contributed by atoms with Crippen molar-refractivity contribution in [2.24, 2.45) is 0 Å². The first kappa shape index (κ1) is 15.3. The molecule has 21 heavy (non-hydrogen) atoms. The van der Waals surface area contributed by atoms with Gasteiger partial charge in [0.15, 0.2) is 0 Å². The van der Waals surface area contributed by atoms with Gasteiger partial charge in [0.1, 0.15) is 0 Å². The highest BCUT2D eigenvalue weighted by Gasteiger charge is 2.24. The van der Waals surface area contributed by atoms with E-state index in [1.807, 2.05) is 0 Å². The van der Waals surface area contributed by atoms with Crippen LogP contribution in [0.5, 0.6) is 0 Å². The molecule has 1 atom stereocenters. The molecule has 5 nitrogen and oxygen atoms in total. The van der Waals surface area contributed by atoms with Gasteiger partial charge in [0.25, 0.3) is 0 Å². The second-order valence-electron chi connectivity index (χ2n) is 4.88. The van der Waals surface area contributed by atoms with Gasteiger partial charge in [-0.05, 0) is 30.2 Å². The molecule has 0 bridgehead atoms. The van der Waals surface area contributed by atoms with Crippen LogP contribution in [0.25, 0.3) is 6.08 Å². The lowest BCUT2D eigenvalue weighted by Crippen LogP contribution is -2.28. The molecular formula is C16H19NO4. The summed E-state index contributed by atoms with van der Waals surface area (Å²) >= 11 is 0. The zero-order valence-corrected chi connectivity index (χ0v) is 12.2. The zero-order chi connectivity index (χ0) is 15.2. The van der Waals surface area contributed by atoms with Crippen LogP contribution in [-0.4, -0.2) is 50.2 Å². The molecule has 2 rings (SSSR count). The molecule has 0 saturated carbocycles. The van der Waals surface area contributed by atoms with Crippen LogP contribution >= 0.6 is 0 Å². The Bertz CT molecular complexity index is 536. The molecule has 1 fully saturated rings. The van der Waals surface area contributed by atoms with Crippen molar-refractivity contribution >= 4 is 18.0 Å². The second kappa shape index (κ2) is 7.04. The van der Waals surface area contributed by atoms with Crippen molar-refractivity contribution in [2.45, 2.75) is 12.5 Å². The van der Waals surface area contributed by atoms with Gasteiger partial charge in [-0.15, -0.1) is 0 Å². The number of ether oxygens (including phenoxy) is 2. The van der Waals surface area contributed by atoms with E-state index in [2.05, 4.69) is 4.74 Å². The number of hydrogen-bond donors (Lipinski definition) is 0. The third-order valence-corrected chi connectivity index (χ3v) is 3.54. The number of amides is 1. The lowest BCUT2D eigenvalue weighted by atomic mass is 10.1. The fraction of sp³-hybridized carbons (Fsp3) is 0.375. The summed E-state index contributed by atoms with van der Waals surface area (Å²) in [5, 5.41) is 0. The number of benzene rings is 1. The van der Waals surface area contributed by atoms with Gasteiger partial charge in [0.2, 0.25) is 5.91 Å². The highest BCUT2D eigenvalue weighted by Crippen LogP contribution is 2.13. The van der Waals surface area contributed by atoms with Gasteiger partial charge < -0.3 is 14.4 Å². The quantitative estimate of drug-likeness (QED) is 0.626. The van der Waals surface area contributed by atoms with E-state index in [9.17, 15) is 9.59 Å². The zero-order valence-electron chi connectivity index (χ0n) is 12.2. The number of esters is 1. The summed E-state index contributed by atoms with van der Waals surface area (Å²) in [6.45, 7) is 1.36. The lowest BCUT2D eigenvalue weighted by molar-refractivity contribution is -0.125. The van der Waals surface area contributed by atoms with E-state index in [-0.39, 0.29) is 18.0 Å². The maximum absolute atomic E-state index is 12.0. The van der Waals surface area contributed by atoms with Crippen molar-refractivity contribution in [2.75, 3.05) is 27.3 Å². The molecular weight excluding hydrogens is 270 g/mol. The molecule has 1 amide bonds. The molecule has 1 aliphatic rings. The van der Waals surface area contributed by atoms with E-state index < -0.39 is 0 Å². The Morgan fingerprint density at radius 2 is 1.95 bits per heavy atom. The first-order valence-electron chi connectivity index (χ1n) is 6.82. The number of methoxy groups -OCH3 is 2. The first-order valence-corrected chi connectivity index (χ1v) is 6.82. The van der Waals surface area contributed by atoms with Crippen molar-refractivity contribution in [3.05, 3.63) is 41.5 Å². The van der Waals surface area contributed by atoms with Gasteiger partial charge in [-0.25, -0.2) is 4.79 Å². The van der Waals surface area contributed by atoms with Crippen molar-refractivity contribution < 1.29 is 19.1 Å². The highest BCUT2D eigenvalue weighted by atomic mass is 16.5. The SMILES string of the molecule is COC(=O)c1ccc(/C=C/C(=O)N2CCC(OC)C2)cc1. The average molecular weight is 289 g/mol. The van der Waals surface area contributed by atoms with E-state index in [0.29, 0.717) is 12.1 Å². The van der Waals surface area contributed by atoms with Crippen molar-refractivity contribution in [3.8, 4) is 0 Å². The minimum absolute atomic E-state index is 0.0217. The molecule has 1 heterocycles. The van der Waals surface area contributed by atoms with Gasteiger partial charge in [0.05, 0.1) is 18.8 Å². The maximum Gasteiger partial charge on any atom is 0.337 e. The summed E-state index contributed by atoms with van der Waals surface area (Å²) in [7, 11) is 3.01. The molecule has 1 aliphatic heterocycles. The van der Waals surface area contributed by atoms with Crippen molar-refractivity contribution in [1.82, 2.24) is 4.90 Å². The predicted molar refractivity (Wildman–Crippen MR) is 78.8 cm³/mol. The van der Waals surface area contributed by atoms with E-state index in [4.69, 9.17) is 4.74 Å². The van der Waals surface area contributed by atoms with Crippen LogP contribution in [0.15, 0.2) is 30.3 Å². The molecule has 0 N–H and O–H groups in total. The summed E-state index contributed by atoms with van der Waals surface area (Å²) in [4.78, 5) is 25.1. The summed E-state index contributed by atoms with van der Waals surface area (Å²) in [5.41, 5.74) is 1.35. The van der Waals surface area contributed by atoms with Crippen LogP contribution in [0.3, 0.4) is 0 Å². The second-order valence-corrected chi connectivity index (χ2v) is 4.88. The van der Waals surface area contributed by atoms with Crippen LogP contribution in [0.4, 0.5) is 0 Å². The Kier molecular flexibility index (Phi) is 5.11. The number of rotatable bonds is 4. The van der Waals surface area contributed by atoms with E-state index >= 15 is 0 Å². The van der Waals surface area contributed by atoms with E-state index in [0.717, 1.165) is 18.5 Å². The van der Waals surface area contributed by atoms with E-state index in [1.165, 1.54) is 7.11 Å². The normalized spacial score (nSPS) is 18.2. The summed E-state index contributed by atoms with van der Waals surface area (Å²) in [5.74, 6) is -0.393. The summed E-state index contributed by atoms with van der Waals surface area (Å²) < 4.78 is 9.87. The molecule has 0 aliphatic carbocycles. The topological polar surface area (TPSA) is 55.8 Å². The number of carbonyl (C=O) groups is 2. The lowest BCUT2D eigenvalue weighted by Gasteiger charge is -2.13. The average Bonchev–Trinajstić information content (AvgIpc) is 3.01. The van der Waals surface area contributed by atoms with Gasteiger partial charge in [-0.3, -0.25) is 4.79 Å². The fourth-order valence-corrected chi connectivity index (χ4v) is 2.24. The Hall–Kier alpha value is -2.14. The van der Waals surface area contributed by atoms with Crippen LogP contribution in [0.2, 0.25) is 0 Å². The number of hydrogen-bond acceptors (Lipinski definition) is 4. The monoisotopic (exact) mass is 289 g/mol. The van der Waals surface area contributed by atoms with Crippen LogP contribution in [-0.2, 0) is 14.3 Å². The first-order chi connectivity index (χ1) is 10.1.